The molecule has 0 bridgehead atoms. The molecule has 4 heteroatoms. The van der Waals surface area contributed by atoms with Crippen LogP contribution < -0.4 is 5.73 Å². The summed E-state index contributed by atoms with van der Waals surface area (Å²) in [6.45, 7) is 7.03. The molecule has 1 heterocycles. The third kappa shape index (κ3) is 2.90. The molecule has 0 saturated heterocycles. The van der Waals surface area contributed by atoms with Gasteiger partial charge in [-0.15, -0.1) is 0 Å². The van der Waals surface area contributed by atoms with Crippen molar-refractivity contribution in [2.24, 2.45) is 23.0 Å². The Hall–Kier alpha value is -0.900. The van der Waals surface area contributed by atoms with Gasteiger partial charge >= 0.3 is 0 Å². The largest absolute Gasteiger partial charge is 0.339 e. The van der Waals surface area contributed by atoms with Gasteiger partial charge in [-0.3, -0.25) is 0 Å². The highest BCUT2D eigenvalue weighted by Gasteiger charge is 2.35. The van der Waals surface area contributed by atoms with Gasteiger partial charge in [0.2, 0.25) is 5.89 Å². The lowest BCUT2D eigenvalue weighted by Gasteiger charge is -2.35. The molecule has 112 valence electrons. The van der Waals surface area contributed by atoms with Crippen molar-refractivity contribution in [1.29, 1.82) is 0 Å². The van der Waals surface area contributed by atoms with Crippen LogP contribution in [0.25, 0.3) is 0 Å². The number of nitrogens with two attached hydrogens (primary N) is 1. The van der Waals surface area contributed by atoms with Gasteiger partial charge in [0, 0.05) is 5.92 Å². The molecule has 2 aliphatic carbocycles. The molecule has 0 aliphatic heterocycles. The summed E-state index contributed by atoms with van der Waals surface area (Å²) in [5.74, 6) is 3.39. The summed E-state index contributed by atoms with van der Waals surface area (Å²) in [5.41, 5.74) is 6.55. The minimum absolute atomic E-state index is 0.0154. The number of hydrogen-bond donors (Lipinski definition) is 1. The minimum atomic E-state index is -0.0154. The lowest BCUT2D eigenvalue weighted by Crippen LogP contribution is -2.25. The molecule has 1 unspecified atom stereocenters. The van der Waals surface area contributed by atoms with E-state index in [1.54, 1.807) is 0 Å². The van der Waals surface area contributed by atoms with E-state index in [0.29, 0.717) is 17.3 Å². The van der Waals surface area contributed by atoms with Crippen molar-refractivity contribution in [3.63, 3.8) is 0 Å². The highest BCUT2D eigenvalue weighted by molar-refractivity contribution is 5.03. The second-order valence-electron chi connectivity index (χ2n) is 7.77. The van der Waals surface area contributed by atoms with Crippen molar-refractivity contribution in [2.45, 2.75) is 71.3 Å². The molecule has 0 spiro atoms. The Labute approximate surface area is 121 Å². The molecular weight excluding hydrogens is 250 g/mol. The molecule has 2 saturated carbocycles. The van der Waals surface area contributed by atoms with E-state index in [1.807, 2.05) is 0 Å². The molecule has 20 heavy (non-hydrogen) atoms. The van der Waals surface area contributed by atoms with Crippen LogP contribution in [0.1, 0.15) is 83.0 Å². The van der Waals surface area contributed by atoms with Gasteiger partial charge in [0.15, 0.2) is 5.82 Å². The number of hydrogen-bond acceptors (Lipinski definition) is 4. The fraction of sp³-hybridized carbons (Fsp3) is 0.875. The van der Waals surface area contributed by atoms with E-state index < -0.39 is 0 Å². The molecule has 1 aromatic heterocycles. The molecule has 4 nitrogen and oxygen atoms in total. The highest BCUT2D eigenvalue weighted by Crippen LogP contribution is 2.43. The van der Waals surface area contributed by atoms with Gasteiger partial charge in [0.25, 0.3) is 0 Å². The summed E-state index contributed by atoms with van der Waals surface area (Å²) >= 11 is 0. The molecular formula is C16H27N3O. The predicted molar refractivity (Wildman–Crippen MR) is 78.1 cm³/mol. The maximum absolute atomic E-state index is 6.14. The summed E-state index contributed by atoms with van der Waals surface area (Å²) in [4.78, 5) is 4.58. The van der Waals surface area contributed by atoms with E-state index in [0.717, 1.165) is 17.6 Å². The summed E-state index contributed by atoms with van der Waals surface area (Å²) in [5, 5.41) is 4.11. The zero-order valence-corrected chi connectivity index (χ0v) is 12.9. The normalized spacial score (nSPS) is 29.4. The number of nitrogens with zero attached hydrogens (tertiary/aromatic N) is 2. The molecule has 0 aromatic carbocycles. The highest BCUT2D eigenvalue weighted by atomic mass is 16.5. The lowest BCUT2D eigenvalue weighted by molar-refractivity contribution is 0.159. The second-order valence-corrected chi connectivity index (χ2v) is 7.77. The van der Waals surface area contributed by atoms with Crippen LogP contribution >= 0.6 is 0 Å². The van der Waals surface area contributed by atoms with Crippen LogP contribution in [-0.4, -0.2) is 10.1 Å². The van der Waals surface area contributed by atoms with Crippen LogP contribution in [-0.2, 0) is 0 Å². The van der Waals surface area contributed by atoms with Gasteiger partial charge in [-0.05, 0) is 55.8 Å². The third-order valence-corrected chi connectivity index (χ3v) is 5.19. The number of aromatic nitrogens is 2. The van der Waals surface area contributed by atoms with Crippen LogP contribution in [0.2, 0.25) is 0 Å². The first-order valence-corrected chi connectivity index (χ1v) is 8.04. The van der Waals surface area contributed by atoms with Crippen molar-refractivity contribution in [2.75, 3.05) is 0 Å². The van der Waals surface area contributed by atoms with Crippen molar-refractivity contribution >= 4 is 0 Å². The van der Waals surface area contributed by atoms with Crippen molar-refractivity contribution < 1.29 is 4.52 Å². The van der Waals surface area contributed by atoms with Crippen LogP contribution in [0, 0.1) is 17.3 Å². The minimum Gasteiger partial charge on any atom is -0.339 e. The standard InChI is InChI=1S/C16H27N3O/c1-16(2,3)12-8-6-11(7-9-12)15-18-14(19-20-15)13(17)10-4-5-10/h10-13H,4-9,17H2,1-3H3. The molecule has 3 rings (SSSR count). The van der Waals surface area contributed by atoms with E-state index in [-0.39, 0.29) is 6.04 Å². The van der Waals surface area contributed by atoms with E-state index in [9.17, 15) is 0 Å². The Morgan fingerprint density at radius 2 is 1.75 bits per heavy atom. The average molecular weight is 277 g/mol. The Morgan fingerprint density at radius 3 is 2.30 bits per heavy atom. The molecule has 2 N–H and O–H groups in total. The van der Waals surface area contributed by atoms with Gasteiger partial charge < -0.3 is 10.3 Å². The van der Waals surface area contributed by atoms with E-state index in [2.05, 4.69) is 30.9 Å². The predicted octanol–water partition coefficient (Wildman–Crippen LogP) is 3.80. The Balaban J connectivity index is 1.60. The van der Waals surface area contributed by atoms with Crippen LogP contribution in [0.4, 0.5) is 0 Å². The fourth-order valence-electron chi connectivity index (χ4n) is 3.42. The van der Waals surface area contributed by atoms with Crippen LogP contribution in [0.3, 0.4) is 0 Å². The second kappa shape index (κ2) is 5.14. The lowest BCUT2D eigenvalue weighted by atomic mass is 9.70. The first kappa shape index (κ1) is 14.1. The van der Waals surface area contributed by atoms with Gasteiger partial charge in [0.05, 0.1) is 6.04 Å². The quantitative estimate of drug-likeness (QED) is 0.912. The monoisotopic (exact) mass is 277 g/mol. The third-order valence-electron chi connectivity index (χ3n) is 5.19. The van der Waals surface area contributed by atoms with Gasteiger partial charge in [0.1, 0.15) is 0 Å². The van der Waals surface area contributed by atoms with Crippen molar-refractivity contribution in [3.8, 4) is 0 Å². The zero-order chi connectivity index (χ0) is 14.3. The molecule has 2 fully saturated rings. The maximum Gasteiger partial charge on any atom is 0.229 e. The summed E-state index contributed by atoms with van der Waals surface area (Å²) in [6.07, 6.45) is 7.29. The van der Waals surface area contributed by atoms with E-state index >= 15 is 0 Å². The first-order valence-electron chi connectivity index (χ1n) is 8.04. The Morgan fingerprint density at radius 1 is 1.10 bits per heavy atom. The van der Waals surface area contributed by atoms with Crippen LogP contribution in [0.15, 0.2) is 4.52 Å². The van der Waals surface area contributed by atoms with E-state index in [4.69, 9.17) is 10.3 Å². The molecule has 2 aliphatic rings. The molecule has 0 radical (unpaired) electrons. The Bertz CT molecular complexity index is 451. The summed E-state index contributed by atoms with van der Waals surface area (Å²) in [7, 11) is 0. The van der Waals surface area contributed by atoms with Crippen LogP contribution in [0.5, 0.6) is 0 Å². The van der Waals surface area contributed by atoms with Crippen molar-refractivity contribution in [3.05, 3.63) is 11.7 Å². The van der Waals surface area contributed by atoms with Gasteiger partial charge in [-0.1, -0.05) is 25.9 Å². The smallest absolute Gasteiger partial charge is 0.229 e. The molecule has 0 amide bonds. The summed E-state index contributed by atoms with van der Waals surface area (Å²) < 4.78 is 5.48. The topological polar surface area (TPSA) is 64.9 Å². The average Bonchev–Trinajstić information content (AvgIpc) is 3.14. The number of rotatable bonds is 3. The maximum atomic E-state index is 6.14. The summed E-state index contributed by atoms with van der Waals surface area (Å²) in [6, 6.07) is -0.0154. The first-order chi connectivity index (χ1) is 9.45. The van der Waals surface area contributed by atoms with Gasteiger partial charge in [-0.25, -0.2) is 0 Å². The zero-order valence-electron chi connectivity index (χ0n) is 12.9. The van der Waals surface area contributed by atoms with E-state index in [1.165, 1.54) is 38.5 Å². The van der Waals surface area contributed by atoms with Gasteiger partial charge in [-0.2, -0.15) is 4.98 Å². The van der Waals surface area contributed by atoms with Crippen molar-refractivity contribution in [1.82, 2.24) is 10.1 Å². The SMILES string of the molecule is CC(C)(C)C1CCC(c2nc(C(N)C3CC3)no2)CC1. The Kier molecular flexibility index (Phi) is 3.61. The molecule has 1 aromatic rings. The fourth-order valence-corrected chi connectivity index (χ4v) is 3.42. The molecule has 1 atom stereocenters.